The minimum atomic E-state index is -0.0451. The highest BCUT2D eigenvalue weighted by Crippen LogP contribution is 2.41. The van der Waals surface area contributed by atoms with E-state index < -0.39 is 0 Å². The van der Waals surface area contributed by atoms with Gasteiger partial charge in [-0.2, -0.15) is 9.47 Å². The van der Waals surface area contributed by atoms with E-state index in [-0.39, 0.29) is 5.91 Å². The van der Waals surface area contributed by atoms with Crippen LogP contribution in [0.2, 0.25) is 10.0 Å². The molecule has 2 aromatic heterocycles. The lowest BCUT2D eigenvalue weighted by molar-refractivity contribution is 0.0734. The van der Waals surface area contributed by atoms with Crippen molar-refractivity contribution in [2.75, 3.05) is 6.54 Å². The molecule has 2 aromatic carbocycles. The van der Waals surface area contributed by atoms with Crippen LogP contribution in [0.1, 0.15) is 33.6 Å². The van der Waals surface area contributed by atoms with Gasteiger partial charge < -0.3 is 4.90 Å². The Kier molecular flexibility index (Phi) is 5.24. The van der Waals surface area contributed by atoms with Gasteiger partial charge in [-0.1, -0.05) is 53.5 Å². The highest BCUT2D eigenvalue weighted by molar-refractivity contribution is 7.10. The van der Waals surface area contributed by atoms with E-state index >= 15 is 0 Å². The summed E-state index contributed by atoms with van der Waals surface area (Å²) in [6, 6.07) is 15.5. The number of fused-ring (bicyclic) bond motifs is 5. The van der Waals surface area contributed by atoms with Gasteiger partial charge in [0.15, 0.2) is 0 Å². The molecule has 4 aromatic rings. The summed E-state index contributed by atoms with van der Waals surface area (Å²) in [6.45, 7) is 2.00. The Morgan fingerprint density at radius 2 is 1.82 bits per heavy atom. The van der Waals surface area contributed by atoms with Crippen LogP contribution in [0.5, 0.6) is 0 Å². The minimum Gasteiger partial charge on any atom is -0.334 e. The molecule has 0 saturated heterocycles. The summed E-state index contributed by atoms with van der Waals surface area (Å²) in [7, 11) is 0. The number of carbonyl (C=O) groups is 1. The molecule has 0 N–H and O–H groups in total. The second kappa shape index (κ2) is 8.28. The zero-order valence-corrected chi connectivity index (χ0v) is 20.1. The summed E-state index contributed by atoms with van der Waals surface area (Å²) in [6.07, 6.45) is 2.72. The molecule has 5 nitrogen and oxygen atoms in total. The van der Waals surface area contributed by atoms with Gasteiger partial charge in [-0.3, -0.25) is 9.48 Å². The van der Waals surface area contributed by atoms with E-state index in [1.807, 2.05) is 11.0 Å². The average Bonchev–Trinajstić information content (AvgIpc) is 3.36. The molecule has 1 amide bonds. The molecule has 0 unspecified atom stereocenters. The fourth-order valence-electron chi connectivity index (χ4n) is 4.79. The van der Waals surface area contributed by atoms with Crippen LogP contribution in [0.15, 0.2) is 48.5 Å². The van der Waals surface area contributed by atoms with Crippen molar-refractivity contribution < 1.29 is 4.79 Å². The minimum absolute atomic E-state index is 0.0451. The standard InChI is InChI=1S/C25H20Cl2N4OS/c26-19-9-8-16(13-20(19)27)25(32)30-12-10-21-18(14-30)23-22-17(7-4-11-31(23)28-21)24(33-29-22)15-5-2-1-3-6-15/h1-3,5-6,8-9,13H,4,7,10-12,14H2. The van der Waals surface area contributed by atoms with Crippen LogP contribution in [0, 0.1) is 0 Å². The van der Waals surface area contributed by atoms with E-state index in [4.69, 9.17) is 32.7 Å². The van der Waals surface area contributed by atoms with Crippen molar-refractivity contribution >= 4 is 40.6 Å². The number of nitrogens with zero attached hydrogens (tertiary/aromatic N) is 4. The molecule has 4 heterocycles. The lowest BCUT2D eigenvalue weighted by atomic mass is 9.98. The van der Waals surface area contributed by atoms with Gasteiger partial charge >= 0.3 is 0 Å². The Labute approximate surface area is 205 Å². The Morgan fingerprint density at radius 3 is 2.64 bits per heavy atom. The topological polar surface area (TPSA) is 51.0 Å². The molecule has 0 fully saturated rings. The predicted molar refractivity (Wildman–Crippen MR) is 132 cm³/mol. The molecule has 33 heavy (non-hydrogen) atoms. The number of hydrogen-bond acceptors (Lipinski definition) is 4. The van der Waals surface area contributed by atoms with Crippen molar-refractivity contribution in [1.82, 2.24) is 19.1 Å². The Morgan fingerprint density at radius 1 is 0.970 bits per heavy atom. The van der Waals surface area contributed by atoms with Gasteiger partial charge in [0.25, 0.3) is 5.91 Å². The number of aromatic nitrogens is 3. The van der Waals surface area contributed by atoms with Crippen LogP contribution in [0.25, 0.3) is 21.8 Å². The number of amides is 1. The summed E-state index contributed by atoms with van der Waals surface area (Å²) in [5.41, 5.74) is 7.33. The van der Waals surface area contributed by atoms with Gasteiger partial charge in [0.1, 0.15) is 5.69 Å². The SMILES string of the molecule is O=C(c1ccc(Cl)c(Cl)c1)N1CCc2nn3c(c2C1)-c1nsc(-c2ccccc2)c1CCC3. The number of benzene rings is 2. The first kappa shape index (κ1) is 20.9. The summed E-state index contributed by atoms with van der Waals surface area (Å²) < 4.78 is 7.02. The van der Waals surface area contributed by atoms with Crippen molar-refractivity contribution in [2.24, 2.45) is 0 Å². The van der Waals surface area contributed by atoms with E-state index in [0.717, 1.165) is 48.5 Å². The Bertz CT molecular complexity index is 1380. The fourth-order valence-corrected chi connectivity index (χ4v) is 6.02. The predicted octanol–water partition coefficient (Wildman–Crippen LogP) is 6.13. The van der Waals surface area contributed by atoms with Crippen molar-refractivity contribution in [3.05, 3.63) is 81.0 Å². The Balaban J connectivity index is 1.39. The molecule has 8 heteroatoms. The maximum Gasteiger partial charge on any atom is 0.254 e. The van der Waals surface area contributed by atoms with Gasteiger partial charge in [0.05, 0.1) is 32.9 Å². The largest absolute Gasteiger partial charge is 0.334 e. The number of hydrogen-bond donors (Lipinski definition) is 0. The van der Waals surface area contributed by atoms with E-state index in [9.17, 15) is 4.79 Å². The molecular weight excluding hydrogens is 475 g/mol. The lowest BCUT2D eigenvalue weighted by Gasteiger charge is -2.27. The number of carbonyl (C=O) groups excluding carboxylic acids is 1. The molecule has 0 atom stereocenters. The van der Waals surface area contributed by atoms with Crippen LogP contribution < -0.4 is 0 Å². The van der Waals surface area contributed by atoms with Crippen LogP contribution in [0.3, 0.4) is 0 Å². The third kappa shape index (κ3) is 3.57. The molecular formula is C25H20Cl2N4OS. The highest BCUT2D eigenvalue weighted by Gasteiger charge is 2.32. The maximum absolute atomic E-state index is 13.2. The normalized spacial score (nSPS) is 14.9. The van der Waals surface area contributed by atoms with Crippen LogP contribution in [0.4, 0.5) is 0 Å². The second-order valence-corrected chi connectivity index (χ2v) is 10.00. The molecule has 6 rings (SSSR count). The van der Waals surface area contributed by atoms with Crippen LogP contribution >= 0.6 is 34.7 Å². The quantitative estimate of drug-likeness (QED) is 0.337. The molecule has 0 spiro atoms. The van der Waals surface area contributed by atoms with Crippen LogP contribution in [-0.2, 0) is 25.9 Å². The first-order valence-electron chi connectivity index (χ1n) is 11.0. The molecule has 0 radical (unpaired) electrons. The fraction of sp³-hybridized carbons (Fsp3) is 0.240. The van der Waals surface area contributed by atoms with Gasteiger partial charge in [-0.15, -0.1) is 0 Å². The molecule has 2 aliphatic heterocycles. The second-order valence-electron chi connectivity index (χ2n) is 8.41. The first-order valence-corrected chi connectivity index (χ1v) is 12.5. The highest BCUT2D eigenvalue weighted by atomic mass is 35.5. The van der Waals surface area contributed by atoms with Gasteiger partial charge in [0, 0.05) is 36.2 Å². The summed E-state index contributed by atoms with van der Waals surface area (Å²) in [5, 5.41) is 5.76. The number of halogens is 2. The maximum atomic E-state index is 13.2. The zero-order chi connectivity index (χ0) is 22.5. The average molecular weight is 495 g/mol. The first-order chi connectivity index (χ1) is 16.1. The van der Waals surface area contributed by atoms with E-state index in [1.54, 1.807) is 29.7 Å². The summed E-state index contributed by atoms with van der Waals surface area (Å²) >= 11 is 13.8. The Hall–Kier alpha value is -2.67. The van der Waals surface area contributed by atoms with Crippen molar-refractivity contribution in [3.63, 3.8) is 0 Å². The number of rotatable bonds is 2. The monoisotopic (exact) mass is 494 g/mol. The van der Waals surface area contributed by atoms with Gasteiger partial charge in [-0.25, -0.2) is 0 Å². The third-order valence-electron chi connectivity index (χ3n) is 6.40. The molecule has 0 aliphatic carbocycles. The third-order valence-corrected chi connectivity index (χ3v) is 8.08. The molecule has 2 aliphatic rings. The smallest absolute Gasteiger partial charge is 0.254 e. The van der Waals surface area contributed by atoms with Crippen molar-refractivity contribution in [1.29, 1.82) is 0 Å². The summed E-state index contributed by atoms with van der Waals surface area (Å²) in [5.74, 6) is -0.0451. The zero-order valence-electron chi connectivity index (χ0n) is 17.7. The number of aryl methyl sites for hydroxylation is 1. The molecule has 0 bridgehead atoms. The van der Waals surface area contributed by atoms with Crippen LogP contribution in [-0.4, -0.2) is 31.5 Å². The summed E-state index contributed by atoms with van der Waals surface area (Å²) in [4.78, 5) is 16.4. The van der Waals surface area contributed by atoms with E-state index in [1.165, 1.54) is 16.0 Å². The van der Waals surface area contributed by atoms with Gasteiger partial charge in [0.2, 0.25) is 0 Å². The van der Waals surface area contributed by atoms with Crippen molar-refractivity contribution in [2.45, 2.75) is 32.4 Å². The van der Waals surface area contributed by atoms with Crippen molar-refractivity contribution in [3.8, 4) is 21.8 Å². The molecule has 0 saturated carbocycles. The van der Waals surface area contributed by atoms with E-state index in [2.05, 4.69) is 28.9 Å². The molecule has 166 valence electrons. The van der Waals surface area contributed by atoms with Gasteiger partial charge in [-0.05, 0) is 48.1 Å². The van der Waals surface area contributed by atoms with E-state index in [0.29, 0.717) is 28.7 Å². The lowest BCUT2D eigenvalue weighted by Crippen LogP contribution is -2.36.